The summed E-state index contributed by atoms with van der Waals surface area (Å²) in [6.45, 7) is 6.28. The predicted molar refractivity (Wildman–Crippen MR) is 200 cm³/mol. The molecule has 1 atom stereocenters. The van der Waals surface area contributed by atoms with E-state index in [9.17, 15) is 9.46 Å². The molecule has 0 saturated heterocycles. The van der Waals surface area contributed by atoms with Gasteiger partial charge in [0.25, 0.3) is 0 Å². The highest BCUT2D eigenvalue weighted by molar-refractivity contribution is 7.52. The highest BCUT2D eigenvalue weighted by Crippen LogP contribution is 2.42. The summed E-state index contributed by atoms with van der Waals surface area (Å²) >= 11 is 0. The number of nitrogens with zero attached hydrogens (tertiary/aromatic N) is 6. The first kappa shape index (κ1) is 40.6. The quantitative estimate of drug-likeness (QED) is 0.0350. The maximum absolute atomic E-state index is 12.5. The van der Waals surface area contributed by atoms with Crippen LogP contribution in [0.4, 0.5) is 11.6 Å². The van der Waals surface area contributed by atoms with Crippen LogP contribution in [0.5, 0.6) is 0 Å². The zero-order valence-electron chi connectivity index (χ0n) is 30.7. The van der Waals surface area contributed by atoms with Gasteiger partial charge in [-0.05, 0) is 26.2 Å². The Bertz CT molecular complexity index is 1430. The van der Waals surface area contributed by atoms with Crippen LogP contribution in [0.25, 0.3) is 17.0 Å². The molecule has 0 aliphatic carbocycles. The lowest BCUT2D eigenvalue weighted by atomic mass is 10.0. The van der Waals surface area contributed by atoms with Crippen molar-refractivity contribution in [3.05, 3.63) is 42.5 Å². The second kappa shape index (κ2) is 22.8. The molecule has 49 heavy (non-hydrogen) atoms. The van der Waals surface area contributed by atoms with E-state index in [1.54, 1.807) is 6.33 Å². The van der Waals surface area contributed by atoms with E-state index in [-0.39, 0.29) is 18.7 Å². The number of hydrogen-bond donors (Lipinski definition) is 2. The molecule has 3 heterocycles. The number of nitrogens with two attached hydrogens (primary N) is 1. The SMILES string of the molecule is CCCCCCCCCCCCCCCCOCCCOP(=O)(O)CCC=C(C)Cn1cnc2c(-[n+]3ccc(N(C)C)cc3)nc(N)nc21. The van der Waals surface area contributed by atoms with Gasteiger partial charge < -0.3 is 29.4 Å². The van der Waals surface area contributed by atoms with E-state index >= 15 is 0 Å². The molecule has 274 valence electrons. The normalized spacial score (nSPS) is 13.3. The number of fused-ring (bicyclic) bond motifs is 1. The molecule has 0 fully saturated rings. The minimum absolute atomic E-state index is 0.0633. The Morgan fingerprint density at radius 3 is 2.12 bits per heavy atom. The molecule has 3 N–H and O–H groups in total. The van der Waals surface area contributed by atoms with Crippen LogP contribution < -0.4 is 15.2 Å². The summed E-state index contributed by atoms with van der Waals surface area (Å²) in [4.78, 5) is 25.8. The van der Waals surface area contributed by atoms with E-state index < -0.39 is 7.60 Å². The number of rotatable bonds is 27. The van der Waals surface area contributed by atoms with Crippen molar-refractivity contribution >= 4 is 30.4 Å². The zero-order valence-corrected chi connectivity index (χ0v) is 31.6. The summed E-state index contributed by atoms with van der Waals surface area (Å²) in [6, 6.07) is 3.99. The Kier molecular flexibility index (Phi) is 18.9. The Labute approximate surface area is 294 Å². The first-order valence-electron chi connectivity index (χ1n) is 18.6. The minimum atomic E-state index is -3.67. The number of allylic oxidation sites excluding steroid dienone is 2. The molecule has 3 aromatic rings. The van der Waals surface area contributed by atoms with Gasteiger partial charge in [-0.2, -0.15) is 4.98 Å². The Morgan fingerprint density at radius 1 is 0.918 bits per heavy atom. The first-order chi connectivity index (χ1) is 23.7. The molecule has 0 bridgehead atoms. The number of imidazole rings is 1. The number of anilines is 2. The number of pyridine rings is 1. The second-order valence-electron chi connectivity index (χ2n) is 13.4. The average Bonchev–Trinajstić information content (AvgIpc) is 3.47. The van der Waals surface area contributed by atoms with Crippen molar-refractivity contribution in [3.8, 4) is 5.82 Å². The maximum atomic E-state index is 12.5. The smallest absolute Gasteiger partial charge is 0.361 e. The molecule has 3 aromatic heterocycles. The number of hydrogen-bond acceptors (Lipinski definition) is 8. The third-order valence-corrected chi connectivity index (χ3v) is 10.1. The van der Waals surface area contributed by atoms with Crippen LogP contribution in [0.15, 0.2) is 42.5 Å². The zero-order chi connectivity index (χ0) is 35.3. The molecule has 0 aromatic carbocycles. The second-order valence-corrected chi connectivity index (χ2v) is 15.4. The van der Waals surface area contributed by atoms with Gasteiger partial charge in [-0.25, -0.2) is 9.55 Å². The molecule has 12 heteroatoms. The highest BCUT2D eigenvalue weighted by Gasteiger charge is 2.22. The molecular formula is C37H63N7O4P+. The lowest BCUT2D eigenvalue weighted by Gasteiger charge is -2.12. The van der Waals surface area contributed by atoms with Crippen LogP contribution in [0.3, 0.4) is 0 Å². The van der Waals surface area contributed by atoms with E-state index in [1.807, 2.05) is 65.7 Å². The number of unbranched alkanes of at least 4 members (excludes halogenated alkanes) is 13. The summed E-state index contributed by atoms with van der Waals surface area (Å²) in [6.07, 6.45) is 27.4. The van der Waals surface area contributed by atoms with Gasteiger partial charge in [-0.15, -0.1) is 0 Å². The molecule has 0 saturated carbocycles. The number of aromatic nitrogens is 5. The number of ether oxygens (including phenoxy) is 1. The van der Waals surface area contributed by atoms with Crippen molar-refractivity contribution in [2.45, 2.75) is 123 Å². The summed E-state index contributed by atoms with van der Waals surface area (Å²) in [7, 11) is 0.308. The van der Waals surface area contributed by atoms with E-state index in [4.69, 9.17) is 15.0 Å². The molecule has 0 radical (unpaired) electrons. The largest absolute Gasteiger partial charge is 0.381 e. The fourth-order valence-electron chi connectivity index (χ4n) is 5.84. The monoisotopic (exact) mass is 700 g/mol. The van der Waals surface area contributed by atoms with Gasteiger partial charge in [0.15, 0.2) is 5.65 Å². The molecule has 1 unspecified atom stereocenters. The van der Waals surface area contributed by atoms with Crippen molar-refractivity contribution < 1.29 is 23.3 Å². The highest BCUT2D eigenvalue weighted by atomic mass is 31.2. The Hall–Kier alpha value is -2.85. The van der Waals surface area contributed by atoms with E-state index in [1.165, 1.54) is 83.5 Å². The van der Waals surface area contributed by atoms with Crippen molar-refractivity contribution in [3.63, 3.8) is 0 Å². The molecule has 0 aliphatic rings. The molecule has 0 aliphatic heterocycles. The van der Waals surface area contributed by atoms with Crippen molar-refractivity contribution in [1.82, 2.24) is 19.5 Å². The summed E-state index contributed by atoms with van der Waals surface area (Å²) < 4.78 is 27.4. The van der Waals surface area contributed by atoms with Crippen LogP contribution in [-0.2, 0) is 20.4 Å². The molecule has 3 rings (SSSR count). The van der Waals surface area contributed by atoms with E-state index in [0.29, 0.717) is 43.0 Å². The van der Waals surface area contributed by atoms with Gasteiger partial charge in [-0.3, -0.25) is 4.57 Å². The van der Waals surface area contributed by atoms with Crippen molar-refractivity contribution in [2.24, 2.45) is 0 Å². The van der Waals surface area contributed by atoms with E-state index in [0.717, 1.165) is 24.3 Å². The summed E-state index contributed by atoms with van der Waals surface area (Å²) in [5.41, 5.74) is 9.42. The van der Waals surface area contributed by atoms with Crippen LogP contribution in [0, 0.1) is 0 Å². The van der Waals surface area contributed by atoms with Crippen LogP contribution >= 0.6 is 7.60 Å². The van der Waals surface area contributed by atoms with Crippen LogP contribution in [0.1, 0.15) is 117 Å². The number of nitrogen functional groups attached to an aromatic ring is 1. The first-order valence-corrected chi connectivity index (χ1v) is 20.3. The van der Waals surface area contributed by atoms with Gasteiger partial charge in [0.2, 0.25) is 5.52 Å². The Morgan fingerprint density at radius 2 is 1.51 bits per heavy atom. The topological polar surface area (TPSA) is 132 Å². The molecular weight excluding hydrogens is 637 g/mol. The lowest BCUT2D eigenvalue weighted by Crippen LogP contribution is -2.32. The van der Waals surface area contributed by atoms with Crippen molar-refractivity contribution in [1.29, 1.82) is 0 Å². The van der Waals surface area contributed by atoms with Gasteiger partial charge >= 0.3 is 19.4 Å². The molecule has 11 nitrogen and oxygen atoms in total. The summed E-state index contributed by atoms with van der Waals surface area (Å²) in [5.74, 6) is 0.764. The molecule has 0 spiro atoms. The molecule has 0 amide bonds. The van der Waals surface area contributed by atoms with Crippen LogP contribution in [0.2, 0.25) is 0 Å². The fourth-order valence-corrected chi connectivity index (χ4v) is 6.84. The summed E-state index contributed by atoms with van der Waals surface area (Å²) in [5, 5.41) is 0. The average molecular weight is 701 g/mol. The predicted octanol–water partition coefficient (Wildman–Crippen LogP) is 8.18. The third kappa shape index (κ3) is 15.7. The third-order valence-electron chi connectivity index (χ3n) is 8.73. The van der Waals surface area contributed by atoms with Gasteiger partial charge in [0.05, 0.1) is 31.5 Å². The lowest BCUT2D eigenvalue weighted by molar-refractivity contribution is -0.598. The minimum Gasteiger partial charge on any atom is -0.381 e. The maximum Gasteiger partial charge on any atom is 0.361 e. The van der Waals surface area contributed by atoms with Gasteiger partial charge in [0, 0.05) is 56.7 Å². The Balaban J connectivity index is 1.25. The van der Waals surface area contributed by atoms with Crippen molar-refractivity contribution in [2.75, 3.05) is 50.7 Å². The van der Waals surface area contributed by atoms with Crippen LogP contribution in [-0.4, -0.2) is 64.5 Å². The standard InChI is InChI=1S/C37H62N7O4P/c1-5-6-7-8-9-10-11-12-13-14-15-16-17-18-26-47-27-20-28-48-49(45,46)29-19-21-32(2)30-44-31-39-34-35(40-37(38)41-36(34)44)43-24-22-33(23-25-43)42(3)4/h21-25,31H,5-20,26-30H2,1-4H3,(H2-,38,40,41,45,46)/p+1. The van der Waals surface area contributed by atoms with Gasteiger partial charge in [0.1, 0.15) is 0 Å². The van der Waals surface area contributed by atoms with Gasteiger partial charge in [-0.1, -0.05) is 102 Å². The van der Waals surface area contributed by atoms with E-state index in [2.05, 4.69) is 21.9 Å². The fraction of sp³-hybridized carbons (Fsp3) is 0.676.